The number of nitrogens with zero attached hydrogens (tertiary/aromatic N) is 1. The molecule has 7 heteroatoms. The van der Waals surface area contributed by atoms with Crippen LogP contribution in [0.25, 0.3) is 0 Å². The van der Waals surface area contributed by atoms with Gasteiger partial charge in [0.05, 0.1) is 20.3 Å². The van der Waals surface area contributed by atoms with Crippen LogP contribution >= 0.6 is 27.5 Å². The van der Waals surface area contributed by atoms with E-state index < -0.39 is 12.0 Å². The fourth-order valence-corrected chi connectivity index (χ4v) is 4.47. The average molecular weight is 469 g/mol. The molecule has 0 amide bonds. The standard InChI is InChI=1S/C21H23BrClNO4/c1-27-18-11-15(16(22)12-19(18)28-2)20(13-6-8-14(23)9-7-13)24-10-4-3-5-17(24)21(25)26/h6-9,11-12,17,20H,3-5,10H2,1-2H3,(H,25,26). The predicted octanol–water partition coefficient (Wildman–Crippen LogP) is 5.15. The van der Waals surface area contributed by atoms with Crippen molar-refractivity contribution in [3.8, 4) is 11.5 Å². The normalized spacial score (nSPS) is 18.5. The molecular weight excluding hydrogens is 446 g/mol. The summed E-state index contributed by atoms with van der Waals surface area (Å²) >= 11 is 9.74. The molecule has 1 aliphatic heterocycles. The second-order valence-electron chi connectivity index (χ2n) is 6.77. The molecule has 150 valence electrons. The van der Waals surface area contributed by atoms with Crippen molar-refractivity contribution in [2.45, 2.75) is 31.3 Å². The highest BCUT2D eigenvalue weighted by Crippen LogP contribution is 2.42. The van der Waals surface area contributed by atoms with Gasteiger partial charge in [0.1, 0.15) is 6.04 Å². The molecule has 3 rings (SSSR count). The molecular formula is C21H23BrClNO4. The number of carboxylic acid groups (broad SMARTS) is 1. The third kappa shape index (κ3) is 4.29. The maximum Gasteiger partial charge on any atom is 0.320 e. The summed E-state index contributed by atoms with van der Waals surface area (Å²) in [7, 11) is 3.18. The maximum absolute atomic E-state index is 12.0. The number of aliphatic carboxylic acids is 1. The average Bonchev–Trinajstić information content (AvgIpc) is 2.70. The second kappa shape index (κ2) is 9.16. The topological polar surface area (TPSA) is 59.0 Å². The van der Waals surface area contributed by atoms with Crippen molar-refractivity contribution >= 4 is 33.5 Å². The van der Waals surface area contributed by atoms with Gasteiger partial charge in [-0.25, -0.2) is 0 Å². The van der Waals surface area contributed by atoms with Gasteiger partial charge >= 0.3 is 5.97 Å². The lowest BCUT2D eigenvalue weighted by atomic mass is 9.91. The number of rotatable bonds is 6. The lowest BCUT2D eigenvalue weighted by molar-refractivity contribution is -0.145. The Bertz CT molecular complexity index is 843. The highest BCUT2D eigenvalue weighted by molar-refractivity contribution is 9.10. The monoisotopic (exact) mass is 467 g/mol. The summed E-state index contributed by atoms with van der Waals surface area (Å²) in [6.07, 6.45) is 2.50. The number of benzene rings is 2. The number of carbonyl (C=O) groups is 1. The zero-order chi connectivity index (χ0) is 20.3. The number of carboxylic acids is 1. The lowest BCUT2D eigenvalue weighted by Crippen LogP contribution is -2.46. The molecule has 1 aliphatic rings. The number of methoxy groups -OCH3 is 2. The van der Waals surface area contributed by atoms with Crippen LogP contribution in [-0.2, 0) is 4.79 Å². The van der Waals surface area contributed by atoms with Gasteiger partial charge in [-0.2, -0.15) is 0 Å². The van der Waals surface area contributed by atoms with E-state index in [1.807, 2.05) is 36.4 Å². The molecule has 2 aromatic carbocycles. The SMILES string of the molecule is COc1cc(Br)c(C(c2ccc(Cl)cc2)N2CCCCC2C(=O)O)cc1OC. The van der Waals surface area contributed by atoms with Gasteiger partial charge in [0.2, 0.25) is 0 Å². The van der Waals surface area contributed by atoms with Crippen LogP contribution in [0.5, 0.6) is 11.5 Å². The van der Waals surface area contributed by atoms with Gasteiger partial charge in [-0.15, -0.1) is 0 Å². The van der Waals surface area contributed by atoms with Crippen molar-refractivity contribution in [2.75, 3.05) is 20.8 Å². The van der Waals surface area contributed by atoms with E-state index in [1.165, 1.54) is 0 Å². The molecule has 1 heterocycles. The largest absolute Gasteiger partial charge is 0.493 e. The van der Waals surface area contributed by atoms with Crippen molar-refractivity contribution < 1.29 is 19.4 Å². The maximum atomic E-state index is 12.0. The Morgan fingerprint density at radius 1 is 1.18 bits per heavy atom. The van der Waals surface area contributed by atoms with E-state index in [1.54, 1.807) is 14.2 Å². The Morgan fingerprint density at radius 3 is 2.43 bits per heavy atom. The van der Waals surface area contributed by atoms with Gasteiger partial charge in [-0.1, -0.05) is 46.1 Å². The fourth-order valence-electron chi connectivity index (χ4n) is 3.80. The first-order chi connectivity index (χ1) is 13.5. The second-order valence-corrected chi connectivity index (χ2v) is 8.06. The van der Waals surface area contributed by atoms with Crippen molar-refractivity contribution in [1.29, 1.82) is 0 Å². The summed E-state index contributed by atoms with van der Waals surface area (Å²) in [5.74, 6) is 0.417. The third-order valence-corrected chi connectivity index (χ3v) is 6.08. The molecule has 1 N–H and O–H groups in total. The van der Waals surface area contributed by atoms with Crippen molar-refractivity contribution in [1.82, 2.24) is 4.90 Å². The molecule has 0 radical (unpaired) electrons. The van der Waals surface area contributed by atoms with E-state index in [4.69, 9.17) is 21.1 Å². The Balaban J connectivity index is 2.16. The summed E-state index contributed by atoms with van der Waals surface area (Å²) < 4.78 is 11.7. The highest BCUT2D eigenvalue weighted by atomic mass is 79.9. The van der Waals surface area contributed by atoms with E-state index in [-0.39, 0.29) is 6.04 Å². The van der Waals surface area contributed by atoms with E-state index >= 15 is 0 Å². The Kier molecular flexibility index (Phi) is 6.86. The van der Waals surface area contributed by atoms with Gasteiger partial charge in [0.15, 0.2) is 11.5 Å². The lowest BCUT2D eigenvalue weighted by Gasteiger charge is -2.40. The summed E-state index contributed by atoms with van der Waals surface area (Å²) in [5.41, 5.74) is 1.90. The van der Waals surface area contributed by atoms with Crippen LogP contribution in [0, 0.1) is 0 Å². The Hall–Kier alpha value is -1.76. The van der Waals surface area contributed by atoms with Crippen LogP contribution in [0.3, 0.4) is 0 Å². The minimum Gasteiger partial charge on any atom is -0.493 e. The molecule has 0 saturated carbocycles. The summed E-state index contributed by atoms with van der Waals surface area (Å²) in [6, 6.07) is 10.5. The first kappa shape index (κ1) is 21.0. The molecule has 1 fully saturated rings. The molecule has 0 spiro atoms. The number of halogens is 2. The van der Waals surface area contributed by atoms with Crippen LogP contribution in [0.2, 0.25) is 5.02 Å². The van der Waals surface area contributed by atoms with Crippen molar-refractivity contribution in [3.63, 3.8) is 0 Å². The van der Waals surface area contributed by atoms with Gasteiger partial charge in [-0.3, -0.25) is 9.69 Å². The molecule has 2 atom stereocenters. The third-order valence-electron chi connectivity index (χ3n) is 5.14. The fraction of sp³-hybridized carbons (Fsp3) is 0.381. The molecule has 2 unspecified atom stereocenters. The Morgan fingerprint density at radius 2 is 1.82 bits per heavy atom. The van der Waals surface area contributed by atoms with E-state index in [0.29, 0.717) is 29.5 Å². The molecule has 5 nitrogen and oxygen atoms in total. The van der Waals surface area contributed by atoms with E-state index in [0.717, 1.165) is 28.4 Å². The van der Waals surface area contributed by atoms with Crippen LogP contribution in [0.4, 0.5) is 0 Å². The summed E-state index contributed by atoms with van der Waals surface area (Å²) in [5, 5.41) is 10.5. The molecule has 1 saturated heterocycles. The van der Waals surface area contributed by atoms with Crippen LogP contribution in [0.1, 0.15) is 36.4 Å². The van der Waals surface area contributed by atoms with Crippen molar-refractivity contribution in [2.24, 2.45) is 0 Å². The Labute approximate surface area is 178 Å². The van der Waals surface area contributed by atoms with Gasteiger partial charge in [-0.05, 0) is 54.8 Å². The number of likely N-dealkylation sites (tertiary alicyclic amines) is 1. The first-order valence-electron chi connectivity index (χ1n) is 9.11. The number of hydrogen-bond acceptors (Lipinski definition) is 4. The molecule has 2 aromatic rings. The molecule has 0 aliphatic carbocycles. The quantitative estimate of drug-likeness (QED) is 0.635. The van der Waals surface area contributed by atoms with Crippen molar-refractivity contribution in [3.05, 3.63) is 57.0 Å². The number of piperidine rings is 1. The number of ether oxygens (including phenoxy) is 2. The highest BCUT2D eigenvalue weighted by Gasteiger charge is 2.36. The zero-order valence-corrected chi connectivity index (χ0v) is 18.2. The van der Waals surface area contributed by atoms with Gasteiger partial charge < -0.3 is 14.6 Å². The number of hydrogen-bond donors (Lipinski definition) is 1. The smallest absolute Gasteiger partial charge is 0.320 e. The molecule has 0 bridgehead atoms. The van der Waals surface area contributed by atoms with E-state index in [2.05, 4.69) is 20.8 Å². The summed E-state index contributed by atoms with van der Waals surface area (Å²) in [4.78, 5) is 14.0. The minimum atomic E-state index is -0.796. The molecule has 28 heavy (non-hydrogen) atoms. The zero-order valence-electron chi connectivity index (χ0n) is 15.8. The first-order valence-corrected chi connectivity index (χ1v) is 10.3. The molecule has 0 aromatic heterocycles. The minimum absolute atomic E-state index is 0.257. The van der Waals surface area contributed by atoms with Gasteiger partial charge in [0, 0.05) is 9.50 Å². The summed E-state index contributed by atoms with van der Waals surface area (Å²) in [6.45, 7) is 0.699. The van der Waals surface area contributed by atoms with Crippen LogP contribution in [-0.4, -0.2) is 42.8 Å². The van der Waals surface area contributed by atoms with Crippen LogP contribution < -0.4 is 9.47 Å². The predicted molar refractivity (Wildman–Crippen MR) is 113 cm³/mol. The van der Waals surface area contributed by atoms with Gasteiger partial charge in [0.25, 0.3) is 0 Å². The van der Waals surface area contributed by atoms with Crippen LogP contribution in [0.15, 0.2) is 40.9 Å². The van der Waals surface area contributed by atoms with E-state index in [9.17, 15) is 9.90 Å².